The van der Waals surface area contributed by atoms with Gasteiger partial charge in [0, 0.05) is 0 Å². The van der Waals surface area contributed by atoms with Crippen molar-refractivity contribution in [2.75, 3.05) is 6.61 Å². The van der Waals surface area contributed by atoms with Gasteiger partial charge < -0.3 is 4.74 Å². The largest absolute Gasteiger partial charge is 0.466 e. The van der Waals surface area contributed by atoms with Crippen LogP contribution in [0.4, 0.5) is 0 Å². The Hall–Kier alpha value is -1.30. The summed E-state index contributed by atoms with van der Waals surface area (Å²) < 4.78 is 4.99. The average Bonchev–Trinajstić information content (AvgIpc) is 2.28. The molecule has 3 nitrogen and oxygen atoms in total. The number of hydrogen-bond acceptors (Lipinski definition) is 2. The summed E-state index contributed by atoms with van der Waals surface area (Å²) in [7, 11) is 0. The van der Waals surface area contributed by atoms with Crippen molar-refractivity contribution >= 4 is 5.97 Å². The lowest BCUT2D eigenvalue weighted by atomic mass is 9.85. The molecule has 0 radical (unpaired) electrons. The molecule has 15 heavy (non-hydrogen) atoms. The molecule has 0 aromatic rings. The highest BCUT2D eigenvalue weighted by Crippen LogP contribution is 2.31. The standard InChI is InChI=1S/C12H17NO2/c1-4-15-12(14)11-7-5-10(6-8-11)9(2)13-3/h11H,4-8H2,1-2H3. The Bertz CT molecular complexity index is 302. The van der Waals surface area contributed by atoms with Crippen LogP contribution < -0.4 is 0 Å². The highest BCUT2D eigenvalue weighted by atomic mass is 16.5. The second kappa shape index (κ2) is 5.55. The van der Waals surface area contributed by atoms with Gasteiger partial charge in [0.15, 0.2) is 5.70 Å². The molecule has 1 fully saturated rings. The van der Waals surface area contributed by atoms with Gasteiger partial charge in [-0.15, -0.1) is 0 Å². The lowest BCUT2D eigenvalue weighted by Gasteiger charge is -2.22. The zero-order valence-electron chi connectivity index (χ0n) is 9.38. The van der Waals surface area contributed by atoms with Crippen molar-refractivity contribution in [1.82, 2.24) is 0 Å². The molecular weight excluding hydrogens is 190 g/mol. The van der Waals surface area contributed by atoms with Crippen molar-refractivity contribution in [3.8, 4) is 0 Å². The third-order valence-electron chi connectivity index (χ3n) is 2.89. The molecule has 0 aliphatic heterocycles. The summed E-state index contributed by atoms with van der Waals surface area (Å²) >= 11 is 0. The molecule has 82 valence electrons. The number of carbonyl (C=O) groups is 1. The minimum absolute atomic E-state index is 0.0484. The van der Waals surface area contributed by atoms with Crippen LogP contribution in [0.15, 0.2) is 11.3 Å². The van der Waals surface area contributed by atoms with Crippen LogP contribution in [0, 0.1) is 12.5 Å². The van der Waals surface area contributed by atoms with Gasteiger partial charge in [0.05, 0.1) is 19.1 Å². The summed E-state index contributed by atoms with van der Waals surface area (Å²) in [4.78, 5) is 14.9. The van der Waals surface area contributed by atoms with Crippen LogP contribution >= 0.6 is 0 Å². The predicted molar refractivity (Wildman–Crippen MR) is 57.9 cm³/mol. The summed E-state index contributed by atoms with van der Waals surface area (Å²) in [5.41, 5.74) is 2.02. The highest BCUT2D eigenvalue weighted by Gasteiger charge is 2.24. The molecule has 0 atom stereocenters. The maximum Gasteiger partial charge on any atom is 0.308 e. The number of carbonyl (C=O) groups excluding carboxylic acids is 1. The van der Waals surface area contributed by atoms with E-state index in [9.17, 15) is 4.79 Å². The third kappa shape index (κ3) is 3.09. The number of allylic oxidation sites excluding steroid dienone is 2. The molecule has 0 N–H and O–H groups in total. The van der Waals surface area contributed by atoms with E-state index in [1.807, 2.05) is 13.8 Å². The fraction of sp³-hybridized carbons (Fsp3) is 0.667. The van der Waals surface area contributed by atoms with Gasteiger partial charge in [0.2, 0.25) is 0 Å². The van der Waals surface area contributed by atoms with E-state index >= 15 is 0 Å². The SMILES string of the molecule is [C-]#[N+]C(C)=C1CCC(C(=O)OCC)CC1. The molecule has 1 saturated carbocycles. The lowest BCUT2D eigenvalue weighted by molar-refractivity contribution is -0.148. The smallest absolute Gasteiger partial charge is 0.308 e. The summed E-state index contributed by atoms with van der Waals surface area (Å²) in [6.07, 6.45) is 3.41. The normalized spacial score (nSPS) is 20.6. The van der Waals surface area contributed by atoms with Gasteiger partial charge in [-0.2, -0.15) is 0 Å². The highest BCUT2D eigenvalue weighted by molar-refractivity contribution is 5.72. The third-order valence-corrected chi connectivity index (χ3v) is 2.89. The van der Waals surface area contributed by atoms with E-state index < -0.39 is 0 Å². The molecule has 0 aromatic carbocycles. The Morgan fingerprint density at radius 3 is 2.60 bits per heavy atom. The lowest BCUT2D eigenvalue weighted by Crippen LogP contribution is -2.21. The van der Waals surface area contributed by atoms with E-state index in [1.165, 1.54) is 5.57 Å². The van der Waals surface area contributed by atoms with Crippen molar-refractivity contribution in [3.05, 3.63) is 22.7 Å². The topological polar surface area (TPSA) is 30.7 Å². The Balaban J connectivity index is 2.50. The fourth-order valence-corrected chi connectivity index (χ4v) is 1.90. The van der Waals surface area contributed by atoms with Crippen molar-refractivity contribution in [2.45, 2.75) is 39.5 Å². The Morgan fingerprint density at radius 1 is 1.53 bits per heavy atom. The molecular formula is C12H17NO2. The number of ether oxygens (including phenoxy) is 1. The first-order valence-corrected chi connectivity index (χ1v) is 5.41. The van der Waals surface area contributed by atoms with E-state index in [2.05, 4.69) is 4.85 Å². The molecule has 0 aromatic heterocycles. The van der Waals surface area contributed by atoms with Gasteiger partial charge in [-0.3, -0.25) is 4.79 Å². The zero-order valence-corrected chi connectivity index (χ0v) is 9.38. The maximum absolute atomic E-state index is 11.4. The molecule has 0 amide bonds. The van der Waals surface area contributed by atoms with Crippen molar-refractivity contribution in [1.29, 1.82) is 0 Å². The molecule has 0 saturated heterocycles. The first-order chi connectivity index (χ1) is 7.19. The number of hydrogen-bond donors (Lipinski definition) is 0. The van der Waals surface area contributed by atoms with Crippen LogP contribution in [0.3, 0.4) is 0 Å². The Morgan fingerprint density at radius 2 is 2.13 bits per heavy atom. The molecule has 3 heteroatoms. The average molecular weight is 207 g/mol. The summed E-state index contributed by atoms with van der Waals surface area (Å²) in [6.45, 7) is 11.1. The van der Waals surface area contributed by atoms with Crippen molar-refractivity contribution < 1.29 is 9.53 Å². The Kier molecular flexibility index (Phi) is 4.36. The maximum atomic E-state index is 11.4. The van der Waals surface area contributed by atoms with Gasteiger partial charge in [0.1, 0.15) is 0 Å². The minimum Gasteiger partial charge on any atom is -0.466 e. The quantitative estimate of drug-likeness (QED) is 0.515. The van der Waals surface area contributed by atoms with Gasteiger partial charge in [0.25, 0.3) is 0 Å². The van der Waals surface area contributed by atoms with Crippen LogP contribution in [-0.2, 0) is 9.53 Å². The van der Waals surface area contributed by atoms with E-state index in [0.29, 0.717) is 6.61 Å². The number of esters is 1. The predicted octanol–water partition coefficient (Wildman–Crippen LogP) is 2.93. The number of nitrogens with zero attached hydrogens (tertiary/aromatic N) is 1. The fourth-order valence-electron chi connectivity index (χ4n) is 1.90. The monoisotopic (exact) mass is 207 g/mol. The van der Waals surface area contributed by atoms with E-state index in [-0.39, 0.29) is 11.9 Å². The molecule has 1 rings (SSSR count). The second-order valence-corrected chi connectivity index (χ2v) is 3.83. The van der Waals surface area contributed by atoms with Crippen molar-refractivity contribution in [2.24, 2.45) is 5.92 Å². The van der Waals surface area contributed by atoms with Gasteiger partial charge in [-0.1, -0.05) is 5.57 Å². The molecule has 0 heterocycles. The van der Waals surface area contributed by atoms with E-state index in [0.717, 1.165) is 31.4 Å². The summed E-state index contributed by atoms with van der Waals surface area (Å²) in [5.74, 6) is -0.0238. The molecule has 1 aliphatic rings. The van der Waals surface area contributed by atoms with Crippen LogP contribution in [0.25, 0.3) is 4.85 Å². The summed E-state index contributed by atoms with van der Waals surface area (Å²) in [6, 6.07) is 0. The van der Waals surface area contributed by atoms with E-state index in [1.54, 1.807) is 0 Å². The molecule has 1 aliphatic carbocycles. The first kappa shape index (κ1) is 11.8. The van der Waals surface area contributed by atoms with Crippen LogP contribution in [0.1, 0.15) is 39.5 Å². The van der Waals surface area contributed by atoms with Crippen molar-refractivity contribution in [3.63, 3.8) is 0 Å². The van der Waals surface area contributed by atoms with Gasteiger partial charge in [-0.25, -0.2) is 4.85 Å². The van der Waals surface area contributed by atoms with Crippen LogP contribution in [0.2, 0.25) is 0 Å². The summed E-state index contributed by atoms with van der Waals surface area (Å²) in [5, 5.41) is 0. The molecule has 0 unspecified atom stereocenters. The van der Waals surface area contributed by atoms with Gasteiger partial charge >= 0.3 is 5.97 Å². The van der Waals surface area contributed by atoms with E-state index in [4.69, 9.17) is 11.3 Å². The Labute approximate surface area is 90.9 Å². The molecule has 0 bridgehead atoms. The van der Waals surface area contributed by atoms with Gasteiger partial charge in [-0.05, 0) is 39.5 Å². The van der Waals surface area contributed by atoms with Crippen LogP contribution in [0.5, 0.6) is 0 Å². The second-order valence-electron chi connectivity index (χ2n) is 3.83. The zero-order chi connectivity index (χ0) is 11.3. The minimum atomic E-state index is -0.0722. The molecule has 0 spiro atoms. The first-order valence-electron chi connectivity index (χ1n) is 5.41. The number of rotatable bonds is 2. The van der Waals surface area contributed by atoms with Crippen LogP contribution in [-0.4, -0.2) is 12.6 Å².